The smallest absolute Gasteiger partial charge is 0.0638 e. The molecule has 0 aromatic carbocycles. The molecule has 0 radical (unpaired) electrons. The predicted octanol–water partition coefficient (Wildman–Crippen LogP) is 4.87. The van der Waals surface area contributed by atoms with Gasteiger partial charge in [-0.3, -0.25) is 0 Å². The predicted molar refractivity (Wildman–Crippen MR) is 102 cm³/mol. The van der Waals surface area contributed by atoms with Crippen molar-refractivity contribution in [2.75, 3.05) is 13.7 Å². The molecule has 0 aromatic heterocycles. The van der Waals surface area contributed by atoms with Crippen LogP contribution in [0.2, 0.25) is 0 Å². The topological polar surface area (TPSA) is 35.2 Å². The van der Waals surface area contributed by atoms with Gasteiger partial charge in [-0.1, -0.05) is 20.8 Å². The van der Waals surface area contributed by atoms with Crippen molar-refractivity contribution >= 4 is 0 Å². The van der Waals surface area contributed by atoms with Gasteiger partial charge in [-0.25, -0.2) is 0 Å². The van der Waals surface area contributed by atoms with Gasteiger partial charge in [0.2, 0.25) is 0 Å². The van der Waals surface area contributed by atoms with Crippen molar-refractivity contribution < 1.29 is 4.74 Å². The normalized spacial score (nSPS) is 60.4. The summed E-state index contributed by atoms with van der Waals surface area (Å²) < 4.78 is 6.22. The summed E-state index contributed by atoms with van der Waals surface area (Å²) in [5, 5.41) is 0. The molecule has 1 spiro atoms. The summed E-state index contributed by atoms with van der Waals surface area (Å²) in [5.41, 5.74) is 7.78. The molecule has 5 aliphatic carbocycles. The third kappa shape index (κ3) is 1.85. The van der Waals surface area contributed by atoms with E-state index in [1.54, 1.807) is 0 Å². The zero-order valence-electron chi connectivity index (χ0n) is 16.9. The SMILES string of the molecule is COC1C[C@H]2[C@@H]3CC[C@H]([C@H](C)CN)[C@@]3(C)CC[C@@H]2[C@@]2(C)CCC3CC312. The molecule has 0 bridgehead atoms. The first-order valence-corrected chi connectivity index (χ1v) is 11.1. The van der Waals surface area contributed by atoms with Crippen LogP contribution in [0, 0.1) is 51.8 Å². The number of nitrogens with two attached hydrogens (primary N) is 1. The van der Waals surface area contributed by atoms with Gasteiger partial charge in [0.25, 0.3) is 0 Å². The van der Waals surface area contributed by atoms with Crippen molar-refractivity contribution in [2.24, 2.45) is 57.5 Å². The number of rotatable bonds is 3. The molecule has 0 saturated heterocycles. The molecule has 0 heterocycles. The second-order valence-corrected chi connectivity index (χ2v) is 11.2. The van der Waals surface area contributed by atoms with Gasteiger partial charge in [0, 0.05) is 12.5 Å². The largest absolute Gasteiger partial charge is 0.381 e. The van der Waals surface area contributed by atoms with Crippen LogP contribution in [-0.4, -0.2) is 19.8 Å². The molecule has 5 aliphatic rings. The van der Waals surface area contributed by atoms with Crippen molar-refractivity contribution in [2.45, 2.75) is 78.2 Å². The van der Waals surface area contributed by atoms with Gasteiger partial charge in [-0.05, 0) is 104 Å². The quantitative estimate of drug-likeness (QED) is 0.792. The summed E-state index contributed by atoms with van der Waals surface area (Å²) in [5.74, 6) is 5.34. The van der Waals surface area contributed by atoms with Crippen molar-refractivity contribution in [3.05, 3.63) is 0 Å². The fourth-order valence-corrected chi connectivity index (χ4v) is 9.72. The Morgan fingerprint density at radius 1 is 1.08 bits per heavy atom. The van der Waals surface area contributed by atoms with Crippen molar-refractivity contribution in [3.63, 3.8) is 0 Å². The van der Waals surface area contributed by atoms with Gasteiger partial charge in [0.15, 0.2) is 0 Å². The summed E-state index contributed by atoms with van der Waals surface area (Å²) in [4.78, 5) is 0. The van der Waals surface area contributed by atoms with E-state index in [1.807, 2.05) is 7.11 Å². The van der Waals surface area contributed by atoms with Crippen LogP contribution in [0.3, 0.4) is 0 Å². The molecule has 2 nitrogen and oxygen atoms in total. The molecule has 0 aliphatic heterocycles. The number of hydrogen-bond acceptors (Lipinski definition) is 2. The van der Waals surface area contributed by atoms with E-state index < -0.39 is 0 Å². The maximum atomic E-state index is 6.22. The summed E-state index contributed by atoms with van der Waals surface area (Å²) in [6.07, 6.45) is 12.1. The van der Waals surface area contributed by atoms with Gasteiger partial charge in [-0.2, -0.15) is 0 Å². The minimum Gasteiger partial charge on any atom is -0.381 e. The summed E-state index contributed by atoms with van der Waals surface area (Å²) >= 11 is 0. The molecule has 2 heteroatoms. The molecule has 142 valence electrons. The zero-order valence-corrected chi connectivity index (χ0v) is 16.9. The van der Waals surface area contributed by atoms with Gasteiger partial charge in [-0.15, -0.1) is 0 Å². The lowest BCUT2D eigenvalue weighted by Crippen LogP contribution is -2.57. The van der Waals surface area contributed by atoms with Crippen LogP contribution < -0.4 is 5.73 Å². The van der Waals surface area contributed by atoms with Crippen LogP contribution in [0.25, 0.3) is 0 Å². The standard InChI is InChI=1S/C23H39NO/c1-14(13-24)17-5-6-18-16-11-20(25-4)23-12-15(23)7-10-22(23,3)19(16)8-9-21(17,18)2/h14-20H,5-13,24H2,1-4H3/t14-,15?,16+,17-,18+,19+,20?,21-,22-,23?/m1/s1. The lowest BCUT2D eigenvalue weighted by Gasteiger charge is -2.61. The van der Waals surface area contributed by atoms with Crippen molar-refractivity contribution in [1.82, 2.24) is 0 Å². The second-order valence-electron chi connectivity index (χ2n) is 11.2. The summed E-state index contributed by atoms with van der Waals surface area (Å²) in [6.45, 7) is 8.59. The first kappa shape index (κ1) is 17.0. The molecule has 10 atom stereocenters. The minimum absolute atomic E-state index is 0.541. The highest BCUT2D eigenvalue weighted by Crippen LogP contribution is 2.82. The van der Waals surface area contributed by atoms with E-state index >= 15 is 0 Å². The number of ether oxygens (including phenoxy) is 1. The van der Waals surface area contributed by atoms with E-state index in [0.717, 1.165) is 36.1 Å². The Hall–Kier alpha value is -0.0800. The third-order valence-electron chi connectivity index (χ3n) is 11.0. The molecular formula is C23H39NO. The lowest BCUT2D eigenvalue weighted by atomic mass is 9.45. The van der Waals surface area contributed by atoms with Gasteiger partial charge in [0.1, 0.15) is 0 Å². The fourth-order valence-electron chi connectivity index (χ4n) is 9.72. The Bertz CT molecular complexity index is 562. The van der Waals surface area contributed by atoms with Crippen LogP contribution in [-0.2, 0) is 4.74 Å². The van der Waals surface area contributed by atoms with Gasteiger partial charge in [0.05, 0.1) is 6.10 Å². The zero-order chi connectivity index (χ0) is 17.6. The monoisotopic (exact) mass is 345 g/mol. The molecular weight excluding hydrogens is 306 g/mol. The molecule has 0 aromatic rings. The number of methoxy groups -OCH3 is 1. The highest BCUT2D eigenvalue weighted by molar-refractivity contribution is 5.26. The molecule has 25 heavy (non-hydrogen) atoms. The second kappa shape index (κ2) is 5.25. The molecule has 3 unspecified atom stereocenters. The lowest BCUT2D eigenvalue weighted by molar-refractivity contribution is -0.160. The van der Waals surface area contributed by atoms with E-state index in [2.05, 4.69) is 20.8 Å². The van der Waals surface area contributed by atoms with Gasteiger partial charge >= 0.3 is 0 Å². The molecule has 2 N–H and O–H groups in total. The highest BCUT2D eigenvalue weighted by atomic mass is 16.5. The highest BCUT2D eigenvalue weighted by Gasteiger charge is 2.77. The first-order valence-electron chi connectivity index (χ1n) is 11.1. The summed E-state index contributed by atoms with van der Waals surface area (Å²) in [7, 11) is 2.00. The Kier molecular flexibility index (Phi) is 3.58. The average molecular weight is 346 g/mol. The Balaban J connectivity index is 1.49. The van der Waals surface area contributed by atoms with Crippen LogP contribution in [0.5, 0.6) is 0 Å². The maximum absolute atomic E-state index is 6.22. The van der Waals surface area contributed by atoms with Crippen LogP contribution >= 0.6 is 0 Å². The van der Waals surface area contributed by atoms with E-state index in [-0.39, 0.29) is 0 Å². The fraction of sp³-hybridized carbons (Fsp3) is 1.00. The van der Waals surface area contributed by atoms with Crippen molar-refractivity contribution in [3.8, 4) is 0 Å². The Labute approximate surface area is 154 Å². The van der Waals surface area contributed by atoms with E-state index in [9.17, 15) is 0 Å². The van der Waals surface area contributed by atoms with Crippen LogP contribution in [0.4, 0.5) is 0 Å². The van der Waals surface area contributed by atoms with E-state index in [1.165, 1.54) is 51.4 Å². The number of fused-ring (bicyclic) bond motifs is 4. The average Bonchev–Trinajstić information content (AvgIpc) is 3.12. The molecule has 5 saturated carbocycles. The third-order valence-corrected chi connectivity index (χ3v) is 11.0. The number of hydrogen-bond donors (Lipinski definition) is 1. The van der Waals surface area contributed by atoms with Gasteiger partial charge < -0.3 is 10.5 Å². The maximum Gasteiger partial charge on any atom is 0.0638 e. The molecule has 5 rings (SSSR count). The summed E-state index contributed by atoms with van der Waals surface area (Å²) in [6, 6.07) is 0. The van der Waals surface area contributed by atoms with Crippen LogP contribution in [0.15, 0.2) is 0 Å². The van der Waals surface area contributed by atoms with E-state index in [0.29, 0.717) is 28.3 Å². The minimum atomic E-state index is 0.541. The first-order chi connectivity index (χ1) is 11.9. The van der Waals surface area contributed by atoms with E-state index in [4.69, 9.17) is 10.5 Å². The van der Waals surface area contributed by atoms with Crippen LogP contribution in [0.1, 0.15) is 72.1 Å². The molecule has 0 amide bonds. The Morgan fingerprint density at radius 3 is 2.56 bits per heavy atom. The Morgan fingerprint density at radius 2 is 1.88 bits per heavy atom. The van der Waals surface area contributed by atoms with Crippen molar-refractivity contribution in [1.29, 1.82) is 0 Å². The molecule has 5 fully saturated rings.